The first kappa shape index (κ1) is 18.9. The van der Waals surface area contributed by atoms with Gasteiger partial charge in [-0.3, -0.25) is 9.78 Å². The zero-order valence-corrected chi connectivity index (χ0v) is 16.7. The Kier molecular flexibility index (Phi) is 5.33. The van der Waals surface area contributed by atoms with Gasteiger partial charge in [-0.1, -0.05) is 25.1 Å². The number of hydrogen-bond acceptors (Lipinski definition) is 4. The quantitative estimate of drug-likeness (QED) is 0.758. The topological polar surface area (TPSA) is 59.5 Å². The summed E-state index contributed by atoms with van der Waals surface area (Å²) in [7, 11) is 0. The van der Waals surface area contributed by atoms with E-state index in [1.165, 1.54) is 0 Å². The smallest absolute Gasteiger partial charge is 0.339 e. The fraction of sp³-hybridized carbons (Fsp3) is 0.522. The van der Waals surface area contributed by atoms with Crippen molar-refractivity contribution in [2.45, 2.75) is 58.5 Å². The van der Waals surface area contributed by atoms with E-state index in [-0.39, 0.29) is 5.91 Å². The molecule has 1 aromatic carbocycles. The molecule has 0 unspecified atom stereocenters. The van der Waals surface area contributed by atoms with Crippen molar-refractivity contribution in [1.82, 2.24) is 9.88 Å². The lowest BCUT2D eigenvalue weighted by Crippen LogP contribution is -2.42. The number of aromatic nitrogens is 1. The lowest BCUT2D eigenvalue weighted by molar-refractivity contribution is -0.140. The Balaban J connectivity index is 1.64. The maximum Gasteiger partial charge on any atom is 0.339 e. The van der Waals surface area contributed by atoms with E-state index < -0.39 is 12.1 Å². The van der Waals surface area contributed by atoms with Crippen LogP contribution >= 0.6 is 0 Å². The highest BCUT2D eigenvalue weighted by atomic mass is 16.5. The van der Waals surface area contributed by atoms with Gasteiger partial charge in [-0.05, 0) is 63.0 Å². The number of nitrogens with zero attached hydrogens (tertiary/aromatic N) is 2. The van der Waals surface area contributed by atoms with Gasteiger partial charge in [-0.25, -0.2) is 4.79 Å². The SMILES string of the molecule is C[C@H]1CCc2nc3ccccc3c(C(=O)O[C@H](C)C(=O)N3CCCCC3)c2C1. The largest absolute Gasteiger partial charge is 0.449 e. The minimum Gasteiger partial charge on any atom is -0.449 e. The number of aryl methyl sites for hydroxylation is 1. The van der Waals surface area contributed by atoms with Crippen LogP contribution in [0.25, 0.3) is 10.9 Å². The first-order chi connectivity index (χ1) is 13.5. The summed E-state index contributed by atoms with van der Waals surface area (Å²) in [5.41, 5.74) is 3.42. The second-order valence-electron chi connectivity index (χ2n) is 8.21. The van der Waals surface area contributed by atoms with E-state index in [0.717, 1.165) is 73.8 Å². The normalized spacial score (nSPS) is 20.5. The molecule has 1 amide bonds. The third kappa shape index (κ3) is 3.62. The standard InChI is InChI=1S/C23H28N2O3/c1-15-10-11-20-18(14-15)21(17-8-4-5-9-19(17)24-20)23(27)28-16(2)22(26)25-12-6-3-7-13-25/h4-5,8-9,15-16H,3,6-7,10-14H2,1-2H3/t15-,16+/m0/s1. The Morgan fingerprint density at radius 1 is 1.18 bits per heavy atom. The van der Waals surface area contributed by atoms with Crippen molar-refractivity contribution in [1.29, 1.82) is 0 Å². The highest BCUT2D eigenvalue weighted by Gasteiger charge is 2.30. The Labute approximate surface area is 166 Å². The molecule has 1 fully saturated rings. The Hall–Kier alpha value is -2.43. The number of pyridine rings is 1. The average molecular weight is 380 g/mol. The van der Waals surface area contributed by atoms with E-state index in [1.54, 1.807) is 6.92 Å². The summed E-state index contributed by atoms with van der Waals surface area (Å²) >= 11 is 0. The Morgan fingerprint density at radius 2 is 1.93 bits per heavy atom. The molecule has 1 aliphatic carbocycles. The number of carbonyl (C=O) groups is 2. The van der Waals surface area contributed by atoms with Gasteiger partial charge in [0.1, 0.15) is 0 Å². The highest BCUT2D eigenvalue weighted by Crippen LogP contribution is 2.32. The molecule has 5 heteroatoms. The number of benzene rings is 1. The van der Waals surface area contributed by atoms with Crippen LogP contribution in [0, 0.1) is 5.92 Å². The second kappa shape index (κ2) is 7.90. The van der Waals surface area contributed by atoms with Crippen molar-refractivity contribution in [3.8, 4) is 0 Å². The lowest BCUT2D eigenvalue weighted by Gasteiger charge is -2.29. The number of fused-ring (bicyclic) bond motifs is 2. The van der Waals surface area contributed by atoms with E-state index in [4.69, 9.17) is 9.72 Å². The van der Waals surface area contributed by atoms with Gasteiger partial charge in [0.05, 0.1) is 11.1 Å². The number of likely N-dealkylation sites (tertiary alicyclic amines) is 1. The fourth-order valence-electron chi connectivity index (χ4n) is 4.44. The average Bonchev–Trinajstić information content (AvgIpc) is 2.72. The predicted octanol–water partition coefficient (Wildman–Crippen LogP) is 3.92. The molecule has 4 rings (SSSR count). The summed E-state index contributed by atoms with van der Waals surface area (Å²) in [5, 5.41) is 0.818. The van der Waals surface area contributed by atoms with Gasteiger partial charge >= 0.3 is 5.97 Å². The number of carbonyl (C=O) groups excluding carboxylic acids is 2. The molecule has 1 aromatic heterocycles. The fourth-order valence-corrected chi connectivity index (χ4v) is 4.44. The van der Waals surface area contributed by atoms with Crippen molar-refractivity contribution in [3.63, 3.8) is 0 Å². The van der Waals surface area contributed by atoms with Gasteiger partial charge in [0.15, 0.2) is 6.10 Å². The molecule has 0 saturated carbocycles. The lowest BCUT2D eigenvalue weighted by atomic mass is 9.84. The van der Waals surface area contributed by atoms with Crippen molar-refractivity contribution in [2.75, 3.05) is 13.1 Å². The molecule has 0 radical (unpaired) electrons. The molecule has 28 heavy (non-hydrogen) atoms. The highest BCUT2D eigenvalue weighted by molar-refractivity contribution is 6.05. The first-order valence-electron chi connectivity index (χ1n) is 10.4. The van der Waals surface area contributed by atoms with E-state index in [2.05, 4.69) is 6.92 Å². The van der Waals surface area contributed by atoms with E-state index in [0.29, 0.717) is 11.5 Å². The van der Waals surface area contributed by atoms with Crippen LogP contribution in [0.4, 0.5) is 0 Å². The van der Waals surface area contributed by atoms with Crippen LogP contribution in [0.5, 0.6) is 0 Å². The van der Waals surface area contributed by atoms with Crippen LogP contribution in [0.1, 0.15) is 61.1 Å². The van der Waals surface area contributed by atoms with Crippen LogP contribution in [-0.4, -0.2) is 41.0 Å². The maximum absolute atomic E-state index is 13.2. The number of amides is 1. The van der Waals surface area contributed by atoms with Crippen LogP contribution in [0.3, 0.4) is 0 Å². The number of ether oxygens (including phenoxy) is 1. The molecule has 2 aromatic rings. The van der Waals surface area contributed by atoms with Gasteiger partial charge in [-0.15, -0.1) is 0 Å². The minimum atomic E-state index is -0.769. The number of esters is 1. The zero-order valence-electron chi connectivity index (χ0n) is 16.7. The molecule has 0 bridgehead atoms. The zero-order chi connectivity index (χ0) is 19.7. The molecular weight excluding hydrogens is 352 g/mol. The van der Waals surface area contributed by atoms with Crippen LogP contribution in [0.15, 0.2) is 24.3 Å². The van der Waals surface area contributed by atoms with Crippen LogP contribution < -0.4 is 0 Å². The van der Waals surface area contributed by atoms with Gasteiger partial charge in [-0.2, -0.15) is 0 Å². The molecular formula is C23H28N2O3. The second-order valence-corrected chi connectivity index (χ2v) is 8.21. The number of hydrogen-bond donors (Lipinski definition) is 0. The Bertz CT molecular complexity index is 902. The van der Waals surface area contributed by atoms with Crippen molar-refractivity contribution in [3.05, 3.63) is 41.1 Å². The van der Waals surface area contributed by atoms with E-state index in [1.807, 2.05) is 29.2 Å². The summed E-state index contributed by atoms with van der Waals surface area (Å²) in [4.78, 5) is 32.5. The monoisotopic (exact) mass is 380 g/mol. The van der Waals surface area contributed by atoms with Crippen molar-refractivity contribution >= 4 is 22.8 Å². The molecule has 2 atom stereocenters. The summed E-state index contributed by atoms with van der Waals surface area (Å²) in [6, 6.07) is 7.72. The van der Waals surface area contributed by atoms with Gasteiger partial charge in [0.25, 0.3) is 5.91 Å². The van der Waals surface area contributed by atoms with Crippen molar-refractivity contribution < 1.29 is 14.3 Å². The molecule has 1 aliphatic heterocycles. The molecule has 5 nitrogen and oxygen atoms in total. The summed E-state index contributed by atoms with van der Waals surface area (Å²) in [5.74, 6) is 0.0184. The molecule has 0 spiro atoms. The molecule has 0 N–H and O–H groups in total. The van der Waals surface area contributed by atoms with E-state index in [9.17, 15) is 9.59 Å². The third-order valence-corrected chi connectivity index (χ3v) is 6.01. The van der Waals surface area contributed by atoms with Gasteiger partial charge < -0.3 is 9.64 Å². The van der Waals surface area contributed by atoms with Crippen LogP contribution in [-0.2, 0) is 22.4 Å². The number of para-hydroxylation sites is 1. The van der Waals surface area contributed by atoms with E-state index >= 15 is 0 Å². The number of rotatable bonds is 3. The van der Waals surface area contributed by atoms with Gasteiger partial charge in [0.2, 0.25) is 0 Å². The molecule has 2 heterocycles. The minimum absolute atomic E-state index is 0.0892. The maximum atomic E-state index is 13.2. The predicted molar refractivity (Wildman–Crippen MR) is 108 cm³/mol. The first-order valence-corrected chi connectivity index (χ1v) is 10.4. The molecule has 1 saturated heterocycles. The summed E-state index contributed by atoms with van der Waals surface area (Å²) < 4.78 is 5.70. The molecule has 2 aliphatic rings. The van der Waals surface area contributed by atoms with Crippen molar-refractivity contribution in [2.24, 2.45) is 5.92 Å². The summed E-state index contributed by atoms with van der Waals surface area (Å²) in [6.07, 6.45) is 5.21. The summed E-state index contributed by atoms with van der Waals surface area (Å²) in [6.45, 7) is 5.40. The number of piperidine rings is 1. The third-order valence-electron chi connectivity index (χ3n) is 6.01. The Morgan fingerprint density at radius 3 is 2.71 bits per heavy atom. The van der Waals surface area contributed by atoms with Crippen LogP contribution in [0.2, 0.25) is 0 Å². The molecule has 148 valence electrons. The van der Waals surface area contributed by atoms with Gasteiger partial charge in [0, 0.05) is 24.2 Å².